The number of imide groups is 1. The number of hydrogen-bond donors (Lipinski definition) is 1. The van der Waals surface area contributed by atoms with E-state index in [0.717, 1.165) is 22.2 Å². The number of nitrogens with zero attached hydrogens (tertiary/aromatic N) is 1. The van der Waals surface area contributed by atoms with Crippen LogP contribution in [0.1, 0.15) is 15.9 Å². The van der Waals surface area contributed by atoms with E-state index in [2.05, 4.69) is 5.32 Å². The fourth-order valence-corrected chi connectivity index (χ4v) is 2.72. The first-order valence-electron chi connectivity index (χ1n) is 6.95. The molecule has 1 heterocycles. The van der Waals surface area contributed by atoms with Crippen molar-refractivity contribution in [1.82, 2.24) is 10.2 Å². The zero-order valence-electron chi connectivity index (χ0n) is 12.5. The molecule has 3 amide bonds. The van der Waals surface area contributed by atoms with Gasteiger partial charge in [0, 0.05) is 13.1 Å². The fraction of sp³-hybridized carbons (Fsp3) is 0.333. The standard InChI is InChI=1S/C15H16N2O5S/c1-10-4-2-3-5-11(10)14(20)22-8-12(18)16-6-7-17-13(19)9-23-15(17)21/h2-5H,6-9H2,1H3,(H,16,18). The minimum absolute atomic E-state index is 0.113. The first-order valence-corrected chi connectivity index (χ1v) is 7.94. The van der Waals surface area contributed by atoms with Crippen LogP contribution < -0.4 is 5.32 Å². The van der Waals surface area contributed by atoms with Gasteiger partial charge in [-0.2, -0.15) is 0 Å². The molecular formula is C15H16N2O5S. The van der Waals surface area contributed by atoms with Crippen molar-refractivity contribution in [1.29, 1.82) is 0 Å². The lowest BCUT2D eigenvalue weighted by Crippen LogP contribution is -2.38. The van der Waals surface area contributed by atoms with E-state index in [1.54, 1.807) is 31.2 Å². The molecule has 1 N–H and O–H groups in total. The predicted molar refractivity (Wildman–Crippen MR) is 84.0 cm³/mol. The normalized spacial score (nSPS) is 14.0. The van der Waals surface area contributed by atoms with Crippen molar-refractivity contribution in [2.75, 3.05) is 25.4 Å². The predicted octanol–water partition coefficient (Wildman–Crippen LogP) is 0.963. The number of benzene rings is 1. The van der Waals surface area contributed by atoms with Gasteiger partial charge < -0.3 is 10.1 Å². The van der Waals surface area contributed by atoms with E-state index in [-0.39, 0.29) is 30.0 Å². The molecule has 122 valence electrons. The molecule has 0 aromatic heterocycles. The van der Waals surface area contributed by atoms with Crippen LogP contribution >= 0.6 is 11.8 Å². The van der Waals surface area contributed by atoms with Crippen LogP contribution in [0, 0.1) is 6.92 Å². The maximum Gasteiger partial charge on any atom is 0.338 e. The van der Waals surface area contributed by atoms with Gasteiger partial charge in [0.1, 0.15) is 0 Å². The second-order valence-electron chi connectivity index (χ2n) is 4.84. The van der Waals surface area contributed by atoms with Crippen molar-refractivity contribution < 1.29 is 23.9 Å². The average Bonchev–Trinajstić information content (AvgIpc) is 2.85. The minimum atomic E-state index is -0.570. The molecule has 1 aromatic rings. The van der Waals surface area contributed by atoms with E-state index in [1.807, 2.05) is 0 Å². The van der Waals surface area contributed by atoms with Crippen LogP contribution in [0.4, 0.5) is 4.79 Å². The molecule has 0 unspecified atom stereocenters. The van der Waals surface area contributed by atoms with Gasteiger partial charge in [0.25, 0.3) is 11.1 Å². The van der Waals surface area contributed by atoms with E-state index < -0.39 is 18.5 Å². The maximum absolute atomic E-state index is 11.8. The average molecular weight is 336 g/mol. The molecule has 0 saturated carbocycles. The molecule has 1 aliphatic heterocycles. The van der Waals surface area contributed by atoms with Crippen molar-refractivity contribution >= 4 is 34.8 Å². The molecule has 23 heavy (non-hydrogen) atoms. The maximum atomic E-state index is 11.8. The Morgan fingerprint density at radius 2 is 2.04 bits per heavy atom. The summed E-state index contributed by atoms with van der Waals surface area (Å²) in [4.78, 5) is 47.3. The Morgan fingerprint density at radius 3 is 2.70 bits per heavy atom. The van der Waals surface area contributed by atoms with Crippen molar-refractivity contribution in [3.8, 4) is 0 Å². The Labute approximate surface area is 137 Å². The van der Waals surface area contributed by atoms with E-state index in [9.17, 15) is 19.2 Å². The lowest BCUT2D eigenvalue weighted by molar-refractivity contribution is -0.126. The number of amides is 3. The van der Waals surface area contributed by atoms with Crippen LogP contribution in [-0.2, 0) is 14.3 Å². The van der Waals surface area contributed by atoms with E-state index in [4.69, 9.17) is 4.74 Å². The van der Waals surface area contributed by atoms with Gasteiger partial charge >= 0.3 is 5.97 Å². The summed E-state index contributed by atoms with van der Waals surface area (Å²) in [5.74, 6) is -1.18. The van der Waals surface area contributed by atoms with Gasteiger partial charge in [-0.3, -0.25) is 19.3 Å². The summed E-state index contributed by atoms with van der Waals surface area (Å²) in [5, 5.41) is 2.19. The number of nitrogens with one attached hydrogen (secondary N) is 1. The summed E-state index contributed by atoms with van der Waals surface area (Å²) >= 11 is 0.941. The van der Waals surface area contributed by atoms with Gasteiger partial charge in [0.2, 0.25) is 5.91 Å². The Bertz CT molecular complexity index is 631. The quantitative estimate of drug-likeness (QED) is 0.778. The topological polar surface area (TPSA) is 92.8 Å². The number of ether oxygens (including phenoxy) is 1. The summed E-state index contributed by atoms with van der Waals surface area (Å²) in [6.45, 7) is 1.60. The highest BCUT2D eigenvalue weighted by Crippen LogP contribution is 2.17. The van der Waals surface area contributed by atoms with E-state index in [1.165, 1.54) is 0 Å². The molecule has 1 saturated heterocycles. The smallest absolute Gasteiger partial charge is 0.338 e. The second-order valence-corrected chi connectivity index (χ2v) is 5.77. The summed E-state index contributed by atoms with van der Waals surface area (Å²) in [5.41, 5.74) is 1.17. The molecule has 8 heteroatoms. The summed E-state index contributed by atoms with van der Waals surface area (Å²) in [7, 11) is 0. The zero-order chi connectivity index (χ0) is 16.8. The molecular weight excluding hydrogens is 320 g/mol. The second kappa shape index (κ2) is 7.77. The molecule has 1 aromatic carbocycles. The Morgan fingerprint density at radius 1 is 1.30 bits per heavy atom. The molecule has 2 rings (SSSR count). The molecule has 0 atom stereocenters. The number of aryl methyl sites for hydroxylation is 1. The van der Waals surface area contributed by atoms with Crippen molar-refractivity contribution in [2.24, 2.45) is 0 Å². The number of carbonyl (C=O) groups excluding carboxylic acids is 4. The molecule has 0 radical (unpaired) electrons. The zero-order valence-corrected chi connectivity index (χ0v) is 13.4. The van der Waals surface area contributed by atoms with Crippen LogP contribution in [0.2, 0.25) is 0 Å². The molecule has 7 nitrogen and oxygen atoms in total. The highest BCUT2D eigenvalue weighted by atomic mass is 32.2. The van der Waals surface area contributed by atoms with Crippen molar-refractivity contribution in [2.45, 2.75) is 6.92 Å². The third kappa shape index (κ3) is 4.56. The van der Waals surface area contributed by atoms with Crippen LogP contribution in [0.25, 0.3) is 0 Å². The number of carbonyl (C=O) groups is 4. The monoisotopic (exact) mass is 336 g/mol. The number of esters is 1. The number of rotatable bonds is 6. The van der Waals surface area contributed by atoms with Gasteiger partial charge in [-0.05, 0) is 18.6 Å². The summed E-state index contributed by atoms with van der Waals surface area (Å²) in [6, 6.07) is 6.92. The van der Waals surface area contributed by atoms with Gasteiger partial charge in [-0.1, -0.05) is 30.0 Å². The third-order valence-corrected chi connectivity index (χ3v) is 4.06. The third-order valence-electron chi connectivity index (χ3n) is 3.20. The Hall–Kier alpha value is -2.35. The van der Waals surface area contributed by atoms with E-state index >= 15 is 0 Å². The molecule has 0 aliphatic carbocycles. The molecule has 0 bridgehead atoms. The number of hydrogen-bond acceptors (Lipinski definition) is 6. The first kappa shape index (κ1) is 17.0. The molecule has 1 aliphatic rings. The largest absolute Gasteiger partial charge is 0.452 e. The van der Waals surface area contributed by atoms with Gasteiger partial charge in [0.15, 0.2) is 6.61 Å². The summed E-state index contributed by atoms with van der Waals surface area (Å²) in [6.07, 6.45) is 0. The van der Waals surface area contributed by atoms with Crippen LogP contribution in [-0.4, -0.2) is 53.4 Å². The highest BCUT2D eigenvalue weighted by Gasteiger charge is 2.29. The molecule has 1 fully saturated rings. The van der Waals surface area contributed by atoms with Crippen molar-refractivity contribution in [3.05, 3.63) is 35.4 Å². The lowest BCUT2D eigenvalue weighted by atomic mass is 10.1. The highest BCUT2D eigenvalue weighted by molar-refractivity contribution is 8.14. The lowest BCUT2D eigenvalue weighted by Gasteiger charge is -2.13. The van der Waals surface area contributed by atoms with Crippen LogP contribution in [0.5, 0.6) is 0 Å². The van der Waals surface area contributed by atoms with Gasteiger partial charge in [0.05, 0.1) is 11.3 Å². The molecule has 0 spiro atoms. The Balaban J connectivity index is 1.71. The number of thioether (sulfide) groups is 1. The van der Waals surface area contributed by atoms with Crippen LogP contribution in [0.3, 0.4) is 0 Å². The fourth-order valence-electron chi connectivity index (χ4n) is 1.97. The minimum Gasteiger partial charge on any atom is -0.452 e. The Kier molecular flexibility index (Phi) is 5.75. The van der Waals surface area contributed by atoms with Gasteiger partial charge in [-0.25, -0.2) is 4.79 Å². The first-order chi connectivity index (χ1) is 11.0. The van der Waals surface area contributed by atoms with E-state index in [0.29, 0.717) is 5.56 Å². The summed E-state index contributed by atoms with van der Waals surface area (Å²) < 4.78 is 4.93. The van der Waals surface area contributed by atoms with Crippen LogP contribution in [0.15, 0.2) is 24.3 Å². The van der Waals surface area contributed by atoms with Gasteiger partial charge in [-0.15, -0.1) is 0 Å². The van der Waals surface area contributed by atoms with Crippen molar-refractivity contribution in [3.63, 3.8) is 0 Å². The SMILES string of the molecule is Cc1ccccc1C(=O)OCC(=O)NCCN1C(=O)CSC1=O.